The first-order valence-electron chi connectivity index (χ1n) is 10.8. The zero-order valence-corrected chi connectivity index (χ0v) is 17.4. The molecule has 2 atom stereocenters. The van der Waals surface area contributed by atoms with Crippen LogP contribution in [0.3, 0.4) is 0 Å². The highest BCUT2D eigenvalue weighted by atomic mass is 16.2. The molecule has 0 radical (unpaired) electrons. The van der Waals surface area contributed by atoms with Gasteiger partial charge in [-0.2, -0.15) is 0 Å². The fourth-order valence-electron chi connectivity index (χ4n) is 5.39. The summed E-state index contributed by atoms with van der Waals surface area (Å²) in [4.78, 5) is 14.4. The summed E-state index contributed by atoms with van der Waals surface area (Å²) in [6.45, 7) is 4.80. The highest BCUT2D eigenvalue weighted by Gasteiger charge is 2.37. The molecule has 0 aromatic heterocycles. The van der Waals surface area contributed by atoms with E-state index in [2.05, 4.69) is 54.7 Å². The van der Waals surface area contributed by atoms with E-state index in [1.807, 2.05) is 11.9 Å². The lowest BCUT2D eigenvalue weighted by Crippen LogP contribution is -2.43. The second-order valence-corrected chi connectivity index (χ2v) is 8.63. The minimum Gasteiger partial charge on any atom is -0.316 e. The van der Waals surface area contributed by atoms with E-state index < -0.39 is 0 Å². The molecule has 2 unspecified atom stereocenters. The van der Waals surface area contributed by atoms with Gasteiger partial charge in [0, 0.05) is 25.2 Å². The molecule has 2 aromatic carbocycles. The SMILES string of the molecule is CNCc1ccc(-c2ccc3c(c2)C(C2CCCC2)CC(C)N3C(C)=O)cc1. The van der Waals surface area contributed by atoms with Gasteiger partial charge in [-0.1, -0.05) is 43.2 Å². The summed E-state index contributed by atoms with van der Waals surface area (Å²) in [5, 5.41) is 3.20. The Morgan fingerprint density at radius 2 is 1.75 bits per heavy atom. The molecule has 4 rings (SSSR count). The van der Waals surface area contributed by atoms with Crippen molar-refractivity contribution < 1.29 is 4.79 Å². The van der Waals surface area contributed by atoms with Crippen LogP contribution in [0.2, 0.25) is 0 Å². The number of nitrogens with zero attached hydrogens (tertiary/aromatic N) is 1. The number of rotatable bonds is 4. The number of anilines is 1. The molecular weight excluding hydrogens is 344 g/mol. The van der Waals surface area contributed by atoms with Crippen LogP contribution in [0, 0.1) is 5.92 Å². The molecule has 0 bridgehead atoms. The first-order chi connectivity index (χ1) is 13.6. The third-order valence-corrected chi connectivity index (χ3v) is 6.70. The van der Waals surface area contributed by atoms with Crippen LogP contribution in [0.1, 0.15) is 63.0 Å². The molecule has 28 heavy (non-hydrogen) atoms. The zero-order valence-electron chi connectivity index (χ0n) is 17.4. The Morgan fingerprint density at radius 1 is 1.07 bits per heavy atom. The van der Waals surface area contributed by atoms with E-state index in [1.54, 1.807) is 6.92 Å². The van der Waals surface area contributed by atoms with E-state index in [9.17, 15) is 4.79 Å². The van der Waals surface area contributed by atoms with Gasteiger partial charge < -0.3 is 10.2 Å². The van der Waals surface area contributed by atoms with Crippen LogP contribution in [0.25, 0.3) is 11.1 Å². The minimum absolute atomic E-state index is 0.155. The summed E-state index contributed by atoms with van der Waals surface area (Å²) in [5.74, 6) is 1.50. The zero-order chi connectivity index (χ0) is 19.7. The topological polar surface area (TPSA) is 32.3 Å². The lowest BCUT2D eigenvalue weighted by molar-refractivity contribution is -0.117. The van der Waals surface area contributed by atoms with E-state index in [0.717, 1.165) is 24.6 Å². The number of amides is 1. The summed E-state index contributed by atoms with van der Waals surface area (Å²) in [6, 6.07) is 15.8. The first-order valence-corrected chi connectivity index (χ1v) is 10.8. The van der Waals surface area contributed by atoms with Crippen LogP contribution in [0.5, 0.6) is 0 Å². The predicted molar refractivity (Wildman–Crippen MR) is 117 cm³/mol. The molecule has 1 aliphatic carbocycles. The molecule has 148 valence electrons. The van der Waals surface area contributed by atoms with Crippen LogP contribution in [0.15, 0.2) is 42.5 Å². The first kappa shape index (κ1) is 19.2. The van der Waals surface area contributed by atoms with E-state index in [4.69, 9.17) is 0 Å². The smallest absolute Gasteiger partial charge is 0.224 e. The average Bonchev–Trinajstić information content (AvgIpc) is 3.22. The fourth-order valence-corrected chi connectivity index (χ4v) is 5.39. The molecule has 3 heteroatoms. The van der Waals surface area contributed by atoms with Crippen molar-refractivity contribution in [3.8, 4) is 11.1 Å². The molecule has 3 nitrogen and oxygen atoms in total. The van der Waals surface area contributed by atoms with Gasteiger partial charge in [0.2, 0.25) is 5.91 Å². The number of carbonyl (C=O) groups excluding carboxylic acids is 1. The maximum absolute atomic E-state index is 12.4. The second-order valence-electron chi connectivity index (χ2n) is 8.63. The van der Waals surface area contributed by atoms with Crippen molar-refractivity contribution in [3.63, 3.8) is 0 Å². The Labute approximate surface area is 169 Å². The van der Waals surface area contributed by atoms with Crippen LogP contribution in [-0.4, -0.2) is 19.0 Å². The molecule has 2 aromatic rings. The number of hydrogen-bond donors (Lipinski definition) is 1. The van der Waals surface area contributed by atoms with E-state index in [1.165, 1.54) is 47.9 Å². The maximum Gasteiger partial charge on any atom is 0.224 e. The molecule has 1 N–H and O–H groups in total. The number of hydrogen-bond acceptors (Lipinski definition) is 2. The summed E-state index contributed by atoms with van der Waals surface area (Å²) in [7, 11) is 1.97. The second kappa shape index (κ2) is 8.08. The number of fused-ring (bicyclic) bond motifs is 1. The normalized spacial score (nSPS) is 22.3. The summed E-state index contributed by atoms with van der Waals surface area (Å²) in [5.41, 5.74) is 6.33. The van der Waals surface area contributed by atoms with Crippen molar-refractivity contribution in [2.45, 2.75) is 64.5 Å². The number of carbonyl (C=O) groups is 1. The van der Waals surface area contributed by atoms with Crippen molar-refractivity contribution in [1.29, 1.82) is 0 Å². The summed E-state index contributed by atoms with van der Waals surface area (Å²) >= 11 is 0. The lowest BCUT2D eigenvalue weighted by atomic mass is 9.76. The quantitative estimate of drug-likeness (QED) is 0.765. The largest absolute Gasteiger partial charge is 0.316 e. The molecule has 1 aliphatic heterocycles. The minimum atomic E-state index is 0.155. The van der Waals surface area contributed by atoms with Gasteiger partial charge in [0.1, 0.15) is 0 Å². The van der Waals surface area contributed by atoms with Crippen LogP contribution in [0.4, 0.5) is 5.69 Å². The fraction of sp³-hybridized carbons (Fsp3) is 0.480. The molecule has 0 saturated heterocycles. The Morgan fingerprint density at radius 3 is 2.39 bits per heavy atom. The Bertz CT molecular complexity index is 836. The number of nitrogens with one attached hydrogen (secondary N) is 1. The van der Waals surface area contributed by atoms with E-state index in [0.29, 0.717) is 5.92 Å². The lowest BCUT2D eigenvalue weighted by Gasteiger charge is -2.41. The Balaban J connectivity index is 1.74. The van der Waals surface area contributed by atoms with Crippen LogP contribution >= 0.6 is 0 Å². The molecule has 1 heterocycles. The van der Waals surface area contributed by atoms with Crippen molar-refractivity contribution >= 4 is 11.6 Å². The van der Waals surface area contributed by atoms with Crippen LogP contribution < -0.4 is 10.2 Å². The molecule has 0 spiro atoms. The van der Waals surface area contributed by atoms with Gasteiger partial charge >= 0.3 is 0 Å². The maximum atomic E-state index is 12.4. The van der Waals surface area contributed by atoms with Crippen molar-refractivity contribution in [1.82, 2.24) is 5.32 Å². The van der Waals surface area contributed by atoms with Crippen molar-refractivity contribution in [3.05, 3.63) is 53.6 Å². The molecule has 1 fully saturated rings. The number of benzene rings is 2. The Hall–Kier alpha value is -2.13. The molecule has 2 aliphatic rings. The third-order valence-electron chi connectivity index (χ3n) is 6.70. The van der Waals surface area contributed by atoms with Crippen molar-refractivity contribution in [2.75, 3.05) is 11.9 Å². The van der Waals surface area contributed by atoms with Gasteiger partial charge in [-0.3, -0.25) is 4.79 Å². The summed E-state index contributed by atoms with van der Waals surface area (Å²) < 4.78 is 0. The molecular formula is C25H32N2O. The van der Waals surface area contributed by atoms with Gasteiger partial charge in [0.15, 0.2) is 0 Å². The van der Waals surface area contributed by atoms with Gasteiger partial charge in [0.25, 0.3) is 0 Å². The van der Waals surface area contributed by atoms with Crippen LogP contribution in [-0.2, 0) is 11.3 Å². The van der Waals surface area contributed by atoms with Gasteiger partial charge in [-0.25, -0.2) is 0 Å². The molecule has 1 saturated carbocycles. The highest BCUT2D eigenvalue weighted by molar-refractivity contribution is 5.94. The van der Waals surface area contributed by atoms with E-state index >= 15 is 0 Å². The highest BCUT2D eigenvalue weighted by Crippen LogP contribution is 2.48. The third kappa shape index (κ3) is 3.60. The molecule has 1 amide bonds. The van der Waals surface area contributed by atoms with Crippen molar-refractivity contribution in [2.24, 2.45) is 5.92 Å². The van der Waals surface area contributed by atoms with Gasteiger partial charge in [-0.05, 0) is 79.5 Å². The Kier molecular flexibility index (Phi) is 5.54. The standard InChI is InChI=1S/C25H32N2O/c1-17-14-23(21-6-4-5-7-21)24-15-22(12-13-25(24)27(17)18(2)28)20-10-8-19(9-11-20)16-26-3/h8-13,15,17,21,23,26H,4-7,14,16H2,1-3H3. The monoisotopic (exact) mass is 376 g/mol. The summed E-state index contributed by atoms with van der Waals surface area (Å²) in [6.07, 6.45) is 6.46. The van der Waals surface area contributed by atoms with Gasteiger partial charge in [0.05, 0.1) is 0 Å². The van der Waals surface area contributed by atoms with E-state index in [-0.39, 0.29) is 11.9 Å². The van der Waals surface area contributed by atoms with Gasteiger partial charge in [-0.15, -0.1) is 0 Å². The predicted octanol–water partition coefficient (Wildman–Crippen LogP) is 5.49. The average molecular weight is 377 g/mol.